The molecule has 0 aromatic carbocycles. The number of likely N-dealkylation sites (tertiary alicyclic amines) is 1. The highest BCUT2D eigenvalue weighted by Crippen LogP contribution is 2.36. The van der Waals surface area contributed by atoms with Gasteiger partial charge in [-0.25, -0.2) is 4.79 Å². The molecule has 0 aromatic heterocycles. The molecule has 1 N–H and O–H groups in total. The van der Waals surface area contributed by atoms with Crippen LogP contribution in [0.5, 0.6) is 0 Å². The van der Waals surface area contributed by atoms with Gasteiger partial charge in [-0.05, 0) is 31.1 Å². The van der Waals surface area contributed by atoms with Crippen molar-refractivity contribution < 1.29 is 14.7 Å². The Morgan fingerprint density at radius 2 is 1.80 bits per heavy atom. The predicted molar refractivity (Wildman–Crippen MR) is 79.5 cm³/mol. The van der Waals surface area contributed by atoms with Crippen LogP contribution in [-0.2, 0) is 9.59 Å². The van der Waals surface area contributed by atoms with Gasteiger partial charge in [-0.2, -0.15) is 0 Å². The molecule has 0 spiro atoms. The topological polar surface area (TPSA) is 57.6 Å². The van der Waals surface area contributed by atoms with E-state index < -0.39 is 12.0 Å². The molecule has 1 aliphatic heterocycles. The molecule has 1 aliphatic rings. The SMILES string of the molecule is CCCC(CCC)C(=O)N1CCCC(C)(C)C1C(=O)O. The van der Waals surface area contributed by atoms with Crippen molar-refractivity contribution >= 4 is 11.9 Å². The molecule has 116 valence electrons. The number of hydrogen-bond donors (Lipinski definition) is 1. The lowest BCUT2D eigenvalue weighted by atomic mass is 9.75. The summed E-state index contributed by atoms with van der Waals surface area (Å²) in [4.78, 5) is 26.0. The summed E-state index contributed by atoms with van der Waals surface area (Å²) < 4.78 is 0. The van der Waals surface area contributed by atoms with Crippen molar-refractivity contribution in [2.75, 3.05) is 6.54 Å². The van der Waals surface area contributed by atoms with Crippen LogP contribution in [0.15, 0.2) is 0 Å². The number of carbonyl (C=O) groups is 2. The summed E-state index contributed by atoms with van der Waals surface area (Å²) in [5.41, 5.74) is -0.345. The molecule has 1 rings (SSSR count). The van der Waals surface area contributed by atoms with E-state index in [2.05, 4.69) is 13.8 Å². The molecule has 1 amide bonds. The fourth-order valence-electron chi connectivity index (χ4n) is 3.42. The molecule has 20 heavy (non-hydrogen) atoms. The Morgan fingerprint density at radius 3 is 2.25 bits per heavy atom. The highest BCUT2D eigenvalue weighted by Gasteiger charge is 2.45. The van der Waals surface area contributed by atoms with Gasteiger partial charge in [-0.1, -0.05) is 40.5 Å². The third-order valence-corrected chi connectivity index (χ3v) is 4.41. The molecule has 0 saturated carbocycles. The Kier molecular flexibility index (Phi) is 6.03. The van der Waals surface area contributed by atoms with E-state index in [1.54, 1.807) is 4.90 Å². The van der Waals surface area contributed by atoms with Crippen LogP contribution >= 0.6 is 0 Å². The summed E-state index contributed by atoms with van der Waals surface area (Å²) >= 11 is 0. The molecule has 0 radical (unpaired) electrons. The number of carbonyl (C=O) groups excluding carboxylic acids is 1. The average Bonchev–Trinajstić information content (AvgIpc) is 2.35. The highest BCUT2D eigenvalue weighted by atomic mass is 16.4. The van der Waals surface area contributed by atoms with E-state index in [1.165, 1.54) is 0 Å². The molecule has 0 aromatic rings. The summed E-state index contributed by atoms with van der Waals surface area (Å²) in [5, 5.41) is 9.54. The second-order valence-electron chi connectivity index (χ2n) is 6.64. The zero-order valence-electron chi connectivity index (χ0n) is 13.3. The number of carboxylic acid groups (broad SMARTS) is 1. The summed E-state index contributed by atoms with van der Waals surface area (Å²) in [6.07, 6.45) is 5.40. The van der Waals surface area contributed by atoms with Crippen molar-refractivity contribution in [1.29, 1.82) is 0 Å². The third kappa shape index (κ3) is 3.74. The first-order chi connectivity index (χ1) is 9.35. The van der Waals surface area contributed by atoms with Crippen molar-refractivity contribution in [2.24, 2.45) is 11.3 Å². The maximum absolute atomic E-state index is 12.7. The van der Waals surface area contributed by atoms with Crippen LogP contribution in [0.1, 0.15) is 66.2 Å². The summed E-state index contributed by atoms with van der Waals surface area (Å²) in [6, 6.07) is -0.681. The predicted octanol–water partition coefficient (Wildman–Crippen LogP) is 3.30. The van der Waals surface area contributed by atoms with Gasteiger partial charge in [0.1, 0.15) is 6.04 Å². The molecule has 1 atom stereocenters. The normalized spacial score (nSPS) is 22.1. The Bertz CT molecular complexity index is 346. The van der Waals surface area contributed by atoms with Gasteiger partial charge in [0.2, 0.25) is 5.91 Å². The zero-order chi connectivity index (χ0) is 15.3. The first-order valence-electron chi connectivity index (χ1n) is 7.88. The van der Waals surface area contributed by atoms with Crippen molar-refractivity contribution in [3.05, 3.63) is 0 Å². The van der Waals surface area contributed by atoms with E-state index in [4.69, 9.17) is 0 Å². The molecule has 0 aliphatic carbocycles. The standard InChI is InChI=1S/C16H29NO3/c1-5-8-12(9-6-2)14(18)17-11-7-10-16(3,4)13(17)15(19)20/h12-13H,5-11H2,1-4H3,(H,19,20). The van der Waals surface area contributed by atoms with Crippen molar-refractivity contribution in [1.82, 2.24) is 4.90 Å². The van der Waals surface area contributed by atoms with Crippen molar-refractivity contribution in [2.45, 2.75) is 72.3 Å². The van der Waals surface area contributed by atoms with Gasteiger partial charge in [0.25, 0.3) is 0 Å². The van der Waals surface area contributed by atoms with Gasteiger partial charge in [0, 0.05) is 12.5 Å². The largest absolute Gasteiger partial charge is 0.480 e. The minimum atomic E-state index is -0.866. The average molecular weight is 283 g/mol. The summed E-state index contributed by atoms with van der Waals surface area (Å²) in [5.74, 6) is -0.829. The van der Waals surface area contributed by atoms with Crippen LogP contribution in [-0.4, -0.2) is 34.5 Å². The Balaban J connectivity index is 2.95. The highest BCUT2D eigenvalue weighted by molar-refractivity contribution is 5.86. The molecular formula is C16H29NO3. The monoisotopic (exact) mass is 283 g/mol. The van der Waals surface area contributed by atoms with Gasteiger partial charge >= 0.3 is 5.97 Å². The number of piperidine rings is 1. The molecule has 1 fully saturated rings. The van der Waals surface area contributed by atoms with Gasteiger partial charge in [0.15, 0.2) is 0 Å². The number of carboxylic acids is 1. The maximum Gasteiger partial charge on any atom is 0.326 e. The van der Waals surface area contributed by atoms with Crippen LogP contribution in [0.2, 0.25) is 0 Å². The lowest BCUT2D eigenvalue weighted by molar-refractivity contribution is -0.161. The van der Waals surface area contributed by atoms with Crippen molar-refractivity contribution in [3.63, 3.8) is 0 Å². The van der Waals surface area contributed by atoms with Crippen LogP contribution in [0, 0.1) is 11.3 Å². The zero-order valence-corrected chi connectivity index (χ0v) is 13.3. The minimum Gasteiger partial charge on any atom is -0.480 e. The molecule has 4 heteroatoms. The van der Waals surface area contributed by atoms with E-state index in [0.29, 0.717) is 6.54 Å². The molecule has 4 nitrogen and oxygen atoms in total. The van der Waals surface area contributed by atoms with E-state index >= 15 is 0 Å². The van der Waals surface area contributed by atoms with E-state index in [0.717, 1.165) is 38.5 Å². The molecule has 0 bridgehead atoms. The number of aliphatic carboxylic acids is 1. The molecular weight excluding hydrogens is 254 g/mol. The van der Waals surface area contributed by atoms with E-state index in [-0.39, 0.29) is 17.2 Å². The first kappa shape index (κ1) is 17.0. The third-order valence-electron chi connectivity index (χ3n) is 4.41. The molecule has 1 unspecified atom stereocenters. The van der Waals surface area contributed by atoms with Crippen LogP contribution < -0.4 is 0 Å². The Morgan fingerprint density at radius 1 is 1.25 bits per heavy atom. The van der Waals surface area contributed by atoms with Crippen LogP contribution in [0.4, 0.5) is 0 Å². The Hall–Kier alpha value is -1.06. The van der Waals surface area contributed by atoms with Gasteiger partial charge < -0.3 is 10.0 Å². The quantitative estimate of drug-likeness (QED) is 0.813. The second kappa shape index (κ2) is 7.09. The van der Waals surface area contributed by atoms with Gasteiger partial charge in [0.05, 0.1) is 0 Å². The second-order valence-corrected chi connectivity index (χ2v) is 6.64. The van der Waals surface area contributed by atoms with Crippen LogP contribution in [0.3, 0.4) is 0 Å². The first-order valence-corrected chi connectivity index (χ1v) is 7.88. The van der Waals surface area contributed by atoms with Crippen LogP contribution in [0.25, 0.3) is 0 Å². The Labute approximate surface area is 122 Å². The molecule has 1 saturated heterocycles. The number of amides is 1. The van der Waals surface area contributed by atoms with E-state index in [9.17, 15) is 14.7 Å². The fraction of sp³-hybridized carbons (Fsp3) is 0.875. The summed E-state index contributed by atoms with van der Waals surface area (Å²) in [6.45, 7) is 8.65. The van der Waals surface area contributed by atoms with E-state index in [1.807, 2.05) is 13.8 Å². The molecule has 1 heterocycles. The number of nitrogens with zero attached hydrogens (tertiary/aromatic N) is 1. The number of hydrogen-bond acceptors (Lipinski definition) is 2. The lowest BCUT2D eigenvalue weighted by Crippen LogP contribution is -2.57. The maximum atomic E-state index is 12.7. The van der Waals surface area contributed by atoms with Gasteiger partial charge in [-0.15, -0.1) is 0 Å². The lowest BCUT2D eigenvalue weighted by Gasteiger charge is -2.45. The van der Waals surface area contributed by atoms with Gasteiger partial charge in [-0.3, -0.25) is 4.79 Å². The smallest absolute Gasteiger partial charge is 0.326 e. The minimum absolute atomic E-state index is 0.0132. The van der Waals surface area contributed by atoms with Crippen molar-refractivity contribution in [3.8, 4) is 0 Å². The number of rotatable bonds is 6. The fourth-order valence-corrected chi connectivity index (χ4v) is 3.42. The summed E-state index contributed by atoms with van der Waals surface area (Å²) in [7, 11) is 0.